The molecule has 2 rings (SSSR count). The molecule has 11 heteroatoms. The van der Waals surface area contributed by atoms with Crippen molar-refractivity contribution in [3.05, 3.63) is 63.1 Å². The van der Waals surface area contributed by atoms with E-state index in [2.05, 4.69) is 5.32 Å². The molecule has 0 aliphatic rings. The van der Waals surface area contributed by atoms with E-state index in [1.165, 1.54) is 9.21 Å². The second kappa shape index (κ2) is 14.2. The van der Waals surface area contributed by atoms with Gasteiger partial charge < -0.3 is 10.2 Å². The standard InChI is InChI=1S/C26H34Cl3N3O4S/c1-5-24(26(34)30-16-18(2)3)31(17-19-8-9-21(28)15-23(19)29)25(33)7-6-14-32(37(4,35)36)22-12-10-20(27)11-13-22/h8-13,15,18,24H,5-7,14,16-17H2,1-4H3,(H,30,34)/t24-/m0/s1. The third-order valence-corrected chi connectivity index (χ3v) is 7.73. The first kappa shape index (κ1) is 31.2. The molecule has 7 nitrogen and oxygen atoms in total. The summed E-state index contributed by atoms with van der Waals surface area (Å²) >= 11 is 18.3. The van der Waals surface area contributed by atoms with Gasteiger partial charge in [-0.1, -0.05) is 61.6 Å². The van der Waals surface area contributed by atoms with E-state index >= 15 is 0 Å². The van der Waals surface area contributed by atoms with Crippen LogP contribution in [-0.2, 0) is 26.2 Å². The number of anilines is 1. The van der Waals surface area contributed by atoms with Gasteiger partial charge in [-0.3, -0.25) is 13.9 Å². The van der Waals surface area contributed by atoms with Gasteiger partial charge in [0.1, 0.15) is 6.04 Å². The Morgan fingerprint density at radius 3 is 2.16 bits per heavy atom. The largest absolute Gasteiger partial charge is 0.354 e. The molecule has 0 heterocycles. The molecule has 0 aromatic heterocycles. The van der Waals surface area contributed by atoms with E-state index in [0.29, 0.717) is 39.3 Å². The number of rotatable bonds is 13. The number of nitrogens with zero attached hydrogens (tertiary/aromatic N) is 2. The molecule has 37 heavy (non-hydrogen) atoms. The Morgan fingerprint density at radius 2 is 1.62 bits per heavy atom. The van der Waals surface area contributed by atoms with Crippen molar-refractivity contribution in [1.29, 1.82) is 0 Å². The second-order valence-electron chi connectivity index (χ2n) is 9.24. The molecule has 0 fully saturated rings. The Morgan fingerprint density at radius 1 is 1.00 bits per heavy atom. The predicted octanol–water partition coefficient (Wildman–Crippen LogP) is 5.77. The van der Waals surface area contributed by atoms with Gasteiger partial charge in [-0.05, 0) is 60.7 Å². The summed E-state index contributed by atoms with van der Waals surface area (Å²) in [7, 11) is -3.59. The molecule has 0 aliphatic carbocycles. The summed E-state index contributed by atoms with van der Waals surface area (Å²) in [6.45, 7) is 6.53. The summed E-state index contributed by atoms with van der Waals surface area (Å²) in [4.78, 5) is 28.0. The zero-order valence-electron chi connectivity index (χ0n) is 21.5. The molecule has 1 N–H and O–H groups in total. The van der Waals surface area contributed by atoms with Gasteiger partial charge in [-0.2, -0.15) is 0 Å². The number of benzene rings is 2. The van der Waals surface area contributed by atoms with Gasteiger partial charge in [0.2, 0.25) is 21.8 Å². The highest BCUT2D eigenvalue weighted by atomic mass is 35.5. The molecule has 0 aliphatic heterocycles. The van der Waals surface area contributed by atoms with Gasteiger partial charge in [0.25, 0.3) is 0 Å². The lowest BCUT2D eigenvalue weighted by molar-refractivity contribution is -0.141. The first-order valence-electron chi connectivity index (χ1n) is 12.1. The molecular weight excluding hydrogens is 557 g/mol. The summed E-state index contributed by atoms with van der Waals surface area (Å²) in [6, 6.07) is 10.8. The molecule has 0 bridgehead atoms. The lowest BCUT2D eigenvalue weighted by Crippen LogP contribution is -2.49. The van der Waals surface area contributed by atoms with Crippen LogP contribution >= 0.6 is 34.8 Å². The minimum Gasteiger partial charge on any atom is -0.354 e. The molecule has 1 atom stereocenters. The van der Waals surface area contributed by atoms with Crippen LogP contribution in [0, 0.1) is 5.92 Å². The van der Waals surface area contributed by atoms with Crippen molar-refractivity contribution in [2.75, 3.05) is 23.7 Å². The monoisotopic (exact) mass is 589 g/mol. The first-order valence-corrected chi connectivity index (χ1v) is 15.1. The minimum absolute atomic E-state index is 0.0405. The van der Waals surface area contributed by atoms with Crippen LogP contribution in [-0.4, -0.2) is 50.5 Å². The fourth-order valence-electron chi connectivity index (χ4n) is 3.79. The highest BCUT2D eigenvalue weighted by molar-refractivity contribution is 7.92. The Balaban J connectivity index is 2.24. The fraction of sp³-hybridized carbons (Fsp3) is 0.462. The van der Waals surface area contributed by atoms with E-state index < -0.39 is 16.1 Å². The molecule has 2 aromatic rings. The van der Waals surface area contributed by atoms with E-state index in [1.807, 2.05) is 20.8 Å². The summed E-state index contributed by atoms with van der Waals surface area (Å²) in [5.74, 6) is -0.262. The summed E-state index contributed by atoms with van der Waals surface area (Å²) in [6.07, 6.45) is 1.81. The number of carbonyl (C=O) groups excluding carboxylic acids is 2. The number of amides is 2. The van der Waals surface area contributed by atoms with E-state index in [1.54, 1.807) is 42.5 Å². The van der Waals surface area contributed by atoms with Gasteiger partial charge >= 0.3 is 0 Å². The van der Waals surface area contributed by atoms with Crippen LogP contribution in [0.5, 0.6) is 0 Å². The highest BCUT2D eigenvalue weighted by Crippen LogP contribution is 2.25. The SMILES string of the molecule is CC[C@@H](C(=O)NCC(C)C)N(Cc1ccc(Cl)cc1Cl)C(=O)CCCN(c1ccc(Cl)cc1)S(C)(=O)=O. The maximum atomic E-state index is 13.5. The Labute approximate surface area is 235 Å². The van der Waals surface area contributed by atoms with Crippen molar-refractivity contribution in [2.45, 2.75) is 52.6 Å². The van der Waals surface area contributed by atoms with Gasteiger partial charge in [0.15, 0.2) is 0 Å². The third kappa shape index (κ3) is 9.67. The molecule has 0 saturated heterocycles. The summed E-state index contributed by atoms with van der Waals surface area (Å²) in [5.41, 5.74) is 1.12. The van der Waals surface area contributed by atoms with Crippen molar-refractivity contribution in [3.8, 4) is 0 Å². The van der Waals surface area contributed by atoms with Crippen molar-refractivity contribution in [2.24, 2.45) is 5.92 Å². The van der Waals surface area contributed by atoms with Gasteiger partial charge in [-0.25, -0.2) is 8.42 Å². The minimum atomic E-state index is -3.59. The van der Waals surface area contributed by atoms with Crippen LogP contribution in [0.1, 0.15) is 45.6 Å². The van der Waals surface area contributed by atoms with Crippen LogP contribution in [0.15, 0.2) is 42.5 Å². The van der Waals surface area contributed by atoms with E-state index in [4.69, 9.17) is 34.8 Å². The quantitative estimate of drug-likeness (QED) is 0.321. The third-order valence-electron chi connectivity index (χ3n) is 5.69. The van der Waals surface area contributed by atoms with Gasteiger partial charge in [0.05, 0.1) is 11.9 Å². The topological polar surface area (TPSA) is 86.8 Å². The molecule has 0 radical (unpaired) electrons. The van der Waals surface area contributed by atoms with Crippen LogP contribution in [0.4, 0.5) is 5.69 Å². The zero-order valence-corrected chi connectivity index (χ0v) is 24.6. The van der Waals surface area contributed by atoms with Crippen LogP contribution < -0.4 is 9.62 Å². The van der Waals surface area contributed by atoms with Crippen LogP contribution in [0.2, 0.25) is 15.1 Å². The van der Waals surface area contributed by atoms with Gasteiger partial charge in [-0.15, -0.1) is 0 Å². The Kier molecular flexibility index (Phi) is 12.0. The smallest absolute Gasteiger partial charge is 0.242 e. The number of halogens is 3. The van der Waals surface area contributed by atoms with E-state index in [9.17, 15) is 18.0 Å². The average Bonchev–Trinajstić information content (AvgIpc) is 2.81. The second-order valence-corrected chi connectivity index (χ2v) is 12.4. The maximum absolute atomic E-state index is 13.5. The zero-order chi connectivity index (χ0) is 27.8. The molecule has 204 valence electrons. The fourth-order valence-corrected chi connectivity index (χ4v) is 5.35. The van der Waals surface area contributed by atoms with Gasteiger partial charge in [0, 0.05) is 41.1 Å². The predicted molar refractivity (Wildman–Crippen MR) is 152 cm³/mol. The first-order chi connectivity index (χ1) is 17.3. The van der Waals surface area contributed by atoms with Crippen molar-refractivity contribution < 1.29 is 18.0 Å². The normalized spacial score (nSPS) is 12.3. The summed E-state index contributed by atoms with van der Waals surface area (Å²) in [5, 5.41) is 4.27. The number of hydrogen-bond acceptors (Lipinski definition) is 4. The molecule has 2 amide bonds. The average molecular weight is 591 g/mol. The number of sulfonamides is 1. The van der Waals surface area contributed by atoms with Crippen LogP contribution in [0.25, 0.3) is 0 Å². The number of carbonyl (C=O) groups is 2. The molecule has 0 saturated carbocycles. The molecular formula is C26H34Cl3N3O4S. The van der Waals surface area contributed by atoms with Crippen molar-refractivity contribution in [3.63, 3.8) is 0 Å². The van der Waals surface area contributed by atoms with E-state index in [-0.39, 0.29) is 43.7 Å². The summed E-state index contributed by atoms with van der Waals surface area (Å²) < 4.78 is 26.1. The van der Waals surface area contributed by atoms with Crippen LogP contribution in [0.3, 0.4) is 0 Å². The Hall–Kier alpha value is -2.00. The number of hydrogen-bond donors (Lipinski definition) is 1. The van der Waals surface area contributed by atoms with Crippen molar-refractivity contribution >= 4 is 62.3 Å². The molecule has 2 aromatic carbocycles. The Bertz CT molecular complexity index is 1170. The highest BCUT2D eigenvalue weighted by Gasteiger charge is 2.29. The molecule has 0 unspecified atom stereocenters. The van der Waals surface area contributed by atoms with Crippen molar-refractivity contribution in [1.82, 2.24) is 10.2 Å². The molecule has 0 spiro atoms. The maximum Gasteiger partial charge on any atom is 0.242 e. The number of nitrogens with one attached hydrogen (secondary N) is 1. The lowest BCUT2D eigenvalue weighted by atomic mass is 10.1. The lowest BCUT2D eigenvalue weighted by Gasteiger charge is -2.31. The van der Waals surface area contributed by atoms with E-state index in [0.717, 1.165) is 6.26 Å².